The van der Waals surface area contributed by atoms with Crippen LogP contribution in [0.5, 0.6) is 0 Å². The van der Waals surface area contributed by atoms with Crippen molar-refractivity contribution in [1.82, 2.24) is 20.2 Å². The highest BCUT2D eigenvalue weighted by Crippen LogP contribution is 1.98. The number of ether oxygens (including phenoxy) is 1. The molecule has 0 saturated heterocycles. The Morgan fingerprint density at radius 2 is 2.29 bits per heavy atom. The molecule has 0 amide bonds. The summed E-state index contributed by atoms with van der Waals surface area (Å²) in [5.74, 6) is 1.06. The minimum Gasteiger partial charge on any atom is -0.381 e. The Morgan fingerprint density at radius 1 is 1.43 bits per heavy atom. The first-order valence-electron chi connectivity index (χ1n) is 4.77. The van der Waals surface area contributed by atoms with Crippen molar-refractivity contribution in [2.75, 3.05) is 13.2 Å². The van der Waals surface area contributed by atoms with Crippen LogP contribution in [0, 0.1) is 0 Å². The van der Waals surface area contributed by atoms with Gasteiger partial charge in [-0.25, -0.2) is 4.68 Å². The van der Waals surface area contributed by atoms with Gasteiger partial charge in [0.2, 0.25) is 0 Å². The van der Waals surface area contributed by atoms with E-state index in [1.165, 1.54) is 0 Å². The molecule has 80 valence electrons. The van der Waals surface area contributed by atoms with E-state index in [1.807, 2.05) is 0 Å². The smallest absolute Gasteiger partial charge is 0.165 e. The number of nitrogens with zero attached hydrogens (tertiary/aromatic N) is 4. The molecule has 0 atom stereocenters. The molecule has 0 aliphatic carbocycles. The van der Waals surface area contributed by atoms with Gasteiger partial charge in [-0.1, -0.05) is 6.92 Å². The standard InChI is InChI=1S/C8H15ClN4O/c1-2-5-14-6-3-4-13-8(7-9)10-11-12-13/h2-7H2,1H3. The fourth-order valence-corrected chi connectivity index (χ4v) is 1.25. The first-order chi connectivity index (χ1) is 6.88. The van der Waals surface area contributed by atoms with Crippen LogP contribution in [0.15, 0.2) is 0 Å². The molecule has 6 heteroatoms. The van der Waals surface area contributed by atoms with Gasteiger partial charge in [0.15, 0.2) is 5.82 Å². The van der Waals surface area contributed by atoms with Crippen molar-refractivity contribution >= 4 is 11.6 Å². The van der Waals surface area contributed by atoms with E-state index >= 15 is 0 Å². The predicted octanol–water partition coefficient (Wildman–Crippen LogP) is 1.23. The lowest BCUT2D eigenvalue weighted by Crippen LogP contribution is -2.07. The van der Waals surface area contributed by atoms with E-state index in [9.17, 15) is 0 Å². The summed E-state index contributed by atoms with van der Waals surface area (Å²) in [5.41, 5.74) is 0. The van der Waals surface area contributed by atoms with Crippen molar-refractivity contribution in [2.45, 2.75) is 32.2 Å². The molecule has 0 spiro atoms. The van der Waals surface area contributed by atoms with Gasteiger partial charge in [0.1, 0.15) is 0 Å². The molecule has 0 radical (unpaired) electrons. The van der Waals surface area contributed by atoms with Gasteiger partial charge < -0.3 is 4.74 Å². The first-order valence-corrected chi connectivity index (χ1v) is 5.30. The zero-order valence-corrected chi connectivity index (χ0v) is 9.07. The molecule has 0 aromatic carbocycles. The van der Waals surface area contributed by atoms with E-state index in [4.69, 9.17) is 16.3 Å². The van der Waals surface area contributed by atoms with Gasteiger partial charge in [0.05, 0.1) is 5.88 Å². The summed E-state index contributed by atoms with van der Waals surface area (Å²) < 4.78 is 7.05. The third-order valence-electron chi connectivity index (χ3n) is 1.73. The number of hydrogen-bond acceptors (Lipinski definition) is 4. The molecule has 0 unspecified atom stereocenters. The average molecular weight is 219 g/mol. The molecule has 0 aliphatic rings. The van der Waals surface area contributed by atoms with E-state index in [0.29, 0.717) is 11.7 Å². The maximum absolute atomic E-state index is 5.64. The molecule has 1 aromatic heterocycles. The topological polar surface area (TPSA) is 52.8 Å². The van der Waals surface area contributed by atoms with Gasteiger partial charge in [-0.15, -0.1) is 16.7 Å². The molecule has 0 aliphatic heterocycles. The lowest BCUT2D eigenvalue weighted by atomic mass is 10.4. The highest BCUT2D eigenvalue weighted by molar-refractivity contribution is 6.16. The summed E-state index contributed by atoms with van der Waals surface area (Å²) in [6.07, 6.45) is 1.97. The first kappa shape index (κ1) is 11.4. The Bertz CT molecular complexity index is 253. The lowest BCUT2D eigenvalue weighted by Gasteiger charge is -2.03. The number of alkyl halides is 1. The Kier molecular flexibility index (Phi) is 5.47. The Hall–Kier alpha value is -0.680. The SMILES string of the molecule is CCCOCCCn1nnnc1CCl. The molecule has 14 heavy (non-hydrogen) atoms. The van der Waals surface area contributed by atoms with Crippen LogP contribution < -0.4 is 0 Å². The van der Waals surface area contributed by atoms with E-state index in [2.05, 4.69) is 22.4 Å². The molecule has 1 aromatic rings. The average Bonchev–Trinajstić information content (AvgIpc) is 2.65. The van der Waals surface area contributed by atoms with Gasteiger partial charge in [-0.3, -0.25) is 0 Å². The summed E-state index contributed by atoms with van der Waals surface area (Å²) in [6, 6.07) is 0. The maximum atomic E-state index is 5.64. The maximum Gasteiger partial charge on any atom is 0.165 e. The van der Waals surface area contributed by atoms with E-state index in [1.54, 1.807) is 4.68 Å². The third kappa shape index (κ3) is 3.59. The lowest BCUT2D eigenvalue weighted by molar-refractivity contribution is 0.128. The summed E-state index contributed by atoms with van der Waals surface area (Å²) in [7, 11) is 0. The number of rotatable bonds is 7. The van der Waals surface area contributed by atoms with Crippen molar-refractivity contribution in [3.05, 3.63) is 5.82 Å². The molecule has 1 heterocycles. The molecular weight excluding hydrogens is 204 g/mol. The molecule has 0 bridgehead atoms. The van der Waals surface area contributed by atoms with Crippen LogP contribution in [-0.2, 0) is 17.2 Å². The van der Waals surface area contributed by atoms with E-state index in [-0.39, 0.29) is 0 Å². The second-order valence-corrected chi connectivity index (χ2v) is 3.19. The van der Waals surface area contributed by atoms with Crippen molar-refractivity contribution < 1.29 is 4.74 Å². The Morgan fingerprint density at radius 3 is 3.00 bits per heavy atom. The summed E-state index contributed by atoms with van der Waals surface area (Å²) in [5, 5.41) is 11.1. The Balaban J connectivity index is 2.17. The molecule has 1 rings (SSSR count). The van der Waals surface area contributed by atoms with Crippen LogP contribution in [0.3, 0.4) is 0 Å². The highest BCUT2D eigenvalue weighted by Gasteiger charge is 2.02. The number of aromatic nitrogens is 4. The quantitative estimate of drug-likeness (QED) is 0.510. The zero-order chi connectivity index (χ0) is 10.2. The van der Waals surface area contributed by atoms with Crippen LogP contribution in [0.25, 0.3) is 0 Å². The summed E-state index contributed by atoms with van der Waals surface area (Å²) in [4.78, 5) is 0. The molecular formula is C8H15ClN4O. The summed E-state index contributed by atoms with van der Waals surface area (Å²) in [6.45, 7) is 4.42. The monoisotopic (exact) mass is 218 g/mol. The van der Waals surface area contributed by atoms with Gasteiger partial charge in [-0.2, -0.15) is 0 Å². The van der Waals surface area contributed by atoms with Crippen molar-refractivity contribution in [1.29, 1.82) is 0 Å². The van der Waals surface area contributed by atoms with Crippen LogP contribution in [0.1, 0.15) is 25.6 Å². The van der Waals surface area contributed by atoms with Crippen molar-refractivity contribution in [3.8, 4) is 0 Å². The van der Waals surface area contributed by atoms with Crippen LogP contribution >= 0.6 is 11.6 Å². The predicted molar refractivity (Wildman–Crippen MR) is 53.1 cm³/mol. The second-order valence-electron chi connectivity index (χ2n) is 2.92. The van der Waals surface area contributed by atoms with Crippen molar-refractivity contribution in [2.24, 2.45) is 0 Å². The number of halogens is 1. The van der Waals surface area contributed by atoms with Crippen LogP contribution in [-0.4, -0.2) is 33.4 Å². The van der Waals surface area contributed by atoms with Gasteiger partial charge in [0.25, 0.3) is 0 Å². The van der Waals surface area contributed by atoms with E-state index in [0.717, 1.165) is 32.6 Å². The second kappa shape index (κ2) is 6.73. The fourth-order valence-electron chi connectivity index (χ4n) is 1.06. The normalized spacial score (nSPS) is 10.7. The molecule has 5 nitrogen and oxygen atoms in total. The number of aryl methyl sites for hydroxylation is 1. The largest absolute Gasteiger partial charge is 0.381 e. The zero-order valence-electron chi connectivity index (χ0n) is 8.32. The molecule has 0 N–H and O–H groups in total. The minimum absolute atomic E-state index is 0.350. The Labute approximate surface area is 88.4 Å². The fraction of sp³-hybridized carbons (Fsp3) is 0.875. The van der Waals surface area contributed by atoms with Gasteiger partial charge >= 0.3 is 0 Å². The van der Waals surface area contributed by atoms with Gasteiger partial charge in [0, 0.05) is 19.8 Å². The van der Waals surface area contributed by atoms with Crippen LogP contribution in [0.2, 0.25) is 0 Å². The third-order valence-corrected chi connectivity index (χ3v) is 1.97. The number of tetrazole rings is 1. The number of hydrogen-bond donors (Lipinski definition) is 0. The summed E-state index contributed by atoms with van der Waals surface area (Å²) >= 11 is 5.64. The molecule has 0 saturated carbocycles. The highest BCUT2D eigenvalue weighted by atomic mass is 35.5. The van der Waals surface area contributed by atoms with Gasteiger partial charge in [-0.05, 0) is 23.3 Å². The molecule has 0 fully saturated rings. The van der Waals surface area contributed by atoms with Crippen LogP contribution in [0.4, 0.5) is 0 Å². The van der Waals surface area contributed by atoms with Crippen molar-refractivity contribution in [3.63, 3.8) is 0 Å². The minimum atomic E-state index is 0.350. The van der Waals surface area contributed by atoms with E-state index < -0.39 is 0 Å².